The maximum absolute atomic E-state index is 12.2. The molecule has 0 aliphatic carbocycles. The molecule has 2 atom stereocenters. The summed E-state index contributed by atoms with van der Waals surface area (Å²) in [5, 5.41) is 2.89. The predicted octanol–water partition coefficient (Wildman–Crippen LogP) is 1.28. The van der Waals surface area contributed by atoms with E-state index in [4.69, 9.17) is 22.4 Å². The van der Waals surface area contributed by atoms with Gasteiger partial charge < -0.3 is 15.5 Å². The molecule has 1 fully saturated rings. The summed E-state index contributed by atoms with van der Waals surface area (Å²) >= 11 is 5.06. The Bertz CT molecular complexity index is 461. The maximum atomic E-state index is 12.2. The first kappa shape index (κ1) is 15.0. The van der Waals surface area contributed by atoms with Crippen LogP contribution in [0.1, 0.15) is 25.5 Å². The number of amides is 1. The first-order valence-corrected chi connectivity index (χ1v) is 7.32. The summed E-state index contributed by atoms with van der Waals surface area (Å²) in [6, 6.07) is 3.47. The standard InChI is InChI=1S/C14H21N3O2S/c1-10(14(18)16-8-12-5-3-7-19-12)17-6-2-4-11(9-17)13(15)20/h3,5,7,10-11H,2,4,6,8-9H2,1H3,(H2,15,20)(H,16,18). The molecule has 1 aliphatic rings. The predicted molar refractivity (Wildman–Crippen MR) is 81.1 cm³/mol. The summed E-state index contributed by atoms with van der Waals surface area (Å²) in [6.07, 6.45) is 3.65. The lowest BCUT2D eigenvalue weighted by atomic mass is 9.97. The smallest absolute Gasteiger partial charge is 0.237 e. The van der Waals surface area contributed by atoms with Gasteiger partial charge in [-0.3, -0.25) is 9.69 Å². The lowest BCUT2D eigenvalue weighted by Gasteiger charge is -2.35. The van der Waals surface area contributed by atoms with Crippen LogP contribution in [-0.4, -0.2) is 34.9 Å². The van der Waals surface area contributed by atoms with E-state index in [1.807, 2.05) is 19.1 Å². The molecule has 0 saturated carbocycles. The summed E-state index contributed by atoms with van der Waals surface area (Å²) in [4.78, 5) is 14.9. The SMILES string of the molecule is CC(C(=O)NCc1ccco1)N1CCCC(C(N)=S)C1. The quantitative estimate of drug-likeness (QED) is 0.801. The van der Waals surface area contributed by atoms with Gasteiger partial charge in [-0.15, -0.1) is 0 Å². The highest BCUT2D eigenvalue weighted by Gasteiger charge is 2.28. The zero-order chi connectivity index (χ0) is 14.5. The lowest BCUT2D eigenvalue weighted by Crippen LogP contribution is -2.50. The van der Waals surface area contributed by atoms with Crippen molar-refractivity contribution in [2.24, 2.45) is 11.7 Å². The van der Waals surface area contributed by atoms with E-state index in [-0.39, 0.29) is 17.9 Å². The Morgan fingerprint density at radius 2 is 2.50 bits per heavy atom. The third-order valence-corrected chi connectivity index (χ3v) is 4.13. The molecule has 20 heavy (non-hydrogen) atoms. The van der Waals surface area contributed by atoms with Gasteiger partial charge in [0, 0.05) is 12.5 Å². The number of carbonyl (C=O) groups is 1. The average molecular weight is 295 g/mol. The minimum atomic E-state index is -0.179. The zero-order valence-corrected chi connectivity index (χ0v) is 12.5. The fraction of sp³-hybridized carbons (Fsp3) is 0.571. The van der Waals surface area contributed by atoms with E-state index < -0.39 is 0 Å². The van der Waals surface area contributed by atoms with Crippen molar-refractivity contribution in [1.29, 1.82) is 0 Å². The van der Waals surface area contributed by atoms with Crippen molar-refractivity contribution in [1.82, 2.24) is 10.2 Å². The second-order valence-electron chi connectivity index (χ2n) is 5.21. The molecule has 1 aromatic heterocycles. The number of rotatable bonds is 5. The number of hydrogen-bond donors (Lipinski definition) is 2. The van der Waals surface area contributed by atoms with Crippen LogP contribution in [0.5, 0.6) is 0 Å². The van der Waals surface area contributed by atoms with Gasteiger partial charge in [-0.2, -0.15) is 0 Å². The van der Waals surface area contributed by atoms with Crippen LogP contribution in [0.4, 0.5) is 0 Å². The molecule has 0 bridgehead atoms. The van der Waals surface area contributed by atoms with E-state index in [1.54, 1.807) is 6.26 Å². The summed E-state index contributed by atoms with van der Waals surface area (Å²) in [6.45, 7) is 4.02. The molecule has 1 saturated heterocycles. The van der Waals surface area contributed by atoms with E-state index in [0.717, 1.165) is 31.7 Å². The highest BCUT2D eigenvalue weighted by molar-refractivity contribution is 7.80. The second-order valence-corrected chi connectivity index (χ2v) is 5.68. The number of nitrogens with two attached hydrogens (primary N) is 1. The van der Waals surface area contributed by atoms with Crippen molar-refractivity contribution >= 4 is 23.1 Å². The first-order valence-electron chi connectivity index (χ1n) is 6.91. The van der Waals surface area contributed by atoms with Crippen molar-refractivity contribution in [3.63, 3.8) is 0 Å². The molecule has 5 nitrogen and oxygen atoms in total. The molecule has 0 aromatic carbocycles. The largest absolute Gasteiger partial charge is 0.467 e. The highest BCUT2D eigenvalue weighted by Crippen LogP contribution is 2.18. The first-order chi connectivity index (χ1) is 9.58. The number of hydrogen-bond acceptors (Lipinski definition) is 4. The average Bonchev–Trinajstić information content (AvgIpc) is 2.97. The monoisotopic (exact) mass is 295 g/mol. The molecule has 2 unspecified atom stereocenters. The number of nitrogens with zero attached hydrogens (tertiary/aromatic N) is 1. The number of piperidine rings is 1. The number of thiocarbonyl (C=S) groups is 1. The summed E-state index contributed by atoms with van der Waals surface area (Å²) in [5.74, 6) is 0.981. The van der Waals surface area contributed by atoms with E-state index in [2.05, 4.69) is 10.2 Å². The molecule has 0 radical (unpaired) electrons. The van der Waals surface area contributed by atoms with Crippen molar-refractivity contribution in [3.05, 3.63) is 24.2 Å². The van der Waals surface area contributed by atoms with Crippen LogP contribution in [0, 0.1) is 5.92 Å². The fourth-order valence-electron chi connectivity index (χ4n) is 2.49. The van der Waals surface area contributed by atoms with Crippen molar-refractivity contribution in [2.75, 3.05) is 13.1 Å². The van der Waals surface area contributed by atoms with Gasteiger partial charge in [0.15, 0.2) is 0 Å². The normalized spacial score (nSPS) is 21.4. The fourth-order valence-corrected chi connectivity index (χ4v) is 2.68. The zero-order valence-electron chi connectivity index (χ0n) is 11.7. The number of furan rings is 1. The van der Waals surface area contributed by atoms with Crippen molar-refractivity contribution in [2.45, 2.75) is 32.4 Å². The summed E-state index contributed by atoms with van der Waals surface area (Å²) in [5.41, 5.74) is 5.72. The van der Waals surface area contributed by atoms with Crippen LogP contribution in [0.25, 0.3) is 0 Å². The highest BCUT2D eigenvalue weighted by atomic mass is 32.1. The van der Waals surface area contributed by atoms with Crippen LogP contribution in [0.15, 0.2) is 22.8 Å². The number of carbonyl (C=O) groups excluding carboxylic acids is 1. The van der Waals surface area contributed by atoms with Gasteiger partial charge in [0.05, 0.1) is 23.8 Å². The summed E-state index contributed by atoms with van der Waals surface area (Å²) in [7, 11) is 0. The third kappa shape index (κ3) is 3.80. The van der Waals surface area contributed by atoms with Gasteiger partial charge in [-0.05, 0) is 38.4 Å². The molecular formula is C14H21N3O2S. The van der Waals surface area contributed by atoms with E-state index in [1.165, 1.54) is 0 Å². The minimum absolute atomic E-state index is 0.00462. The molecule has 6 heteroatoms. The van der Waals surface area contributed by atoms with Crippen molar-refractivity contribution in [3.8, 4) is 0 Å². The van der Waals surface area contributed by atoms with E-state index >= 15 is 0 Å². The molecule has 1 amide bonds. The Kier molecular flexibility index (Phi) is 5.14. The van der Waals surface area contributed by atoms with Gasteiger partial charge >= 0.3 is 0 Å². The van der Waals surface area contributed by atoms with Crippen LogP contribution < -0.4 is 11.1 Å². The molecule has 1 aromatic rings. The maximum Gasteiger partial charge on any atom is 0.237 e. The van der Waals surface area contributed by atoms with E-state index in [9.17, 15) is 4.79 Å². The molecule has 2 rings (SSSR count). The van der Waals surface area contributed by atoms with Crippen LogP contribution in [0.2, 0.25) is 0 Å². The lowest BCUT2D eigenvalue weighted by molar-refractivity contribution is -0.126. The van der Waals surface area contributed by atoms with Crippen LogP contribution >= 0.6 is 12.2 Å². The van der Waals surface area contributed by atoms with Gasteiger partial charge in [0.1, 0.15) is 5.76 Å². The topological polar surface area (TPSA) is 71.5 Å². The van der Waals surface area contributed by atoms with Gasteiger partial charge in [0.2, 0.25) is 5.91 Å². The Morgan fingerprint density at radius 3 is 3.15 bits per heavy atom. The number of likely N-dealkylation sites (tertiary alicyclic amines) is 1. The van der Waals surface area contributed by atoms with E-state index in [0.29, 0.717) is 11.5 Å². The Labute approximate surface area is 124 Å². The Morgan fingerprint density at radius 1 is 1.70 bits per heavy atom. The molecular weight excluding hydrogens is 274 g/mol. The Hall–Kier alpha value is -1.40. The van der Waals surface area contributed by atoms with Crippen LogP contribution in [-0.2, 0) is 11.3 Å². The minimum Gasteiger partial charge on any atom is -0.467 e. The van der Waals surface area contributed by atoms with Crippen molar-refractivity contribution < 1.29 is 9.21 Å². The number of nitrogens with one attached hydrogen (secondary N) is 1. The molecule has 1 aliphatic heterocycles. The molecule has 0 spiro atoms. The second kappa shape index (κ2) is 6.85. The van der Waals surface area contributed by atoms with Gasteiger partial charge in [0.25, 0.3) is 0 Å². The summed E-state index contributed by atoms with van der Waals surface area (Å²) < 4.78 is 5.20. The third-order valence-electron chi connectivity index (χ3n) is 3.80. The molecule has 3 N–H and O–H groups in total. The van der Waals surface area contributed by atoms with Gasteiger partial charge in [-0.25, -0.2) is 0 Å². The Balaban J connectivity index is 1.84. The van der Waals surface area contributed by atoms with Crippen LogP contribution in [0.3, 0.4) is 0 Å². The molecule has 110 valence electrons. The molecule has 2 heterocycles. The van der Waals surface area contributed by atoms with Gasteiger partial charge in [-0.1, -0.05) is 12.2 Å².